The number of nitrogens with one attached hydrogen (secondary N) is 1. The van der Waals surface area contributed by atoms with Crippen molar-refractivity contribution in [2.45, 2.75) is 37.6 Å². The summed E-state index contributed by atoms with van der Waals surface area (Å²) < 4.78 is 39.9. The summed E-state index contributed by atoms with van der Waals surface area (Å²) in [5.74, 6) is -0.569. The summed E-state index contributed by atoms with van der Waals surface area (Å²) in [6.45, 7) is 3.80. The topological polar surface area (TPSA) is 72.2 Å². The molecule has 1 rings (SSSR count). The molecule has 6 heteroatoms. The van der Waals surface area contributed by atoms with E-state index in [0.717, 1.165) is 12.5 Å². The first kappa shape index (κ1) is 15.1. The van der Waals surface area contributed by atoms with Crippen LogP contribution >= 0.6 is 0 Å². The first-order valence-corrected chi connectivity index (χ1v) is 7.37. The van der Waals surface area contributed by atoms with Crippen molar-refractivity contribution >= 4 is 10.0 Å². The van der Waals surface area contributed by atoms with Gasteiger partial charge in [-0.2, -0.15) is 0 Å². The molecule has 102 valence electrons. The standard InChI is InChI=1S/C12H19FN2O2S/c1-3-4-11(8-14)15-18(16,17)12-7-10(13)6-5-9(12)2/h5-7,11,15H,3-4,8,14H2,1-2H3. The highest BCUT2D eigenvalue weighted by molar-refractivity contribution is 7.89. The van der Waals surface area contributed by atoms with Gasteiger partial charge in [0.2, 0.25) is 10.0 Å². The van der Waals surface area contributed by atoms with Crippen LogP contribution in [0.15, 0.2) is 23.1 Å². The van der Waals surface area contributed by atoms with Gasteiger partial charge in [0.1, 0.15) is 5.82 Å². The Hall–Kier alpha value is -0.980. The molecule has 0 amide bonds. The summed E-state index contributed by atoms with van der Waals surface area (Å²) in [7, 11) is -3.72. The molecule has 1 unspecified atom stereocenters. The van der Waals surface area contributed by atoms with Gasteiger partial charge in [-0.1, -0.05) is 19.4 Å². The molecular weight excluding hydrogens is 255 g/mol. The molecule has 3 N–H and O–H groups in total. The molecule has 0 fully saturated rings. The minimum atomic E-state index is -3.72. The van der Waals surface area contributed by atoms with Crippen molar-refractivity contribution in [2.24, 2.45) is 5.73 Å². The number of aryl methyl sites for hydroxylation is 1. The lowest BCUT2D eigenvalue weighted by atomic mass is 10.2. The predicted molar refractivity (Wildman–Crippen MR) is 69.2 cm³/mol. The molecule has 4 nitrogen and oxygen atoms in total. The van der Waals surface area contributed by atoms with Crippen LogP contribution in [-0.2, 0) is 10.0 Å². The van der Waals surface area contributed by atoms with E-state index in [1.165, 1.54) is 12.1 Å². The number of hydrogen-bond acceptors (Lipinski definition) is 3. The summed E-state index contributed by atoms with van der Waals surface area (Å²) in [5.41, 5.74) is 6.02. The van der Waals surface area contributed by atoms with Gasteiger partial charge in [-0.25, -0.2) is 17.5 Å². The van der Waals surface area contributed by atoms with Gasteiger partial charge in [0.25, 0.3) is 0 Å². The Morgan fingerprint density at radius 3 is 2.67 bits per heavy atom. The van der Waals surface area contributed by atoms with E-state index in [1.54, 1.807) is 6.92 Å². The van der Waals surface area contributed by atoms with Crippen LogP contribution in [-0.4, -0.2) is 21.0 Å². The molecule has 0 aliphatic rings. The summed E-state index contributed by atoms with van der Waals surface area (Å²) in [4.78, 5) is -0.0305. The van der Waals surface area contributed by atoms with Crippen LogP contribution < -0.4 is 10.5 Å². The van der Waals surface area contributed by atoms with Crippen molar-refractivity contribution in [3.8, 4) is 0 Å². The van der Waals surface area contributed by atoms with Crippen LogP contribution in [0.5, 0.6) is 0 Å². The SMILES string of the molecule is CCCC(CN)NS(=O)(=O)c1cc(F)ccc1C. The number of rotatable bonds is 6. The highest BCUT2D eigenvalue weighted by atomic mass is 32.2. The maximum atomic E-state index is 13.1. The Balaban J connectivity index is 3.02. The molecule has 0 saturated carbocycles. The Labute approximate surface area is 107 Å². The first-order chi connectivity index (χ1) is 8.40. The minimum Gasteiger partial charge on any atom is -0.329 e. The molecule has 0 spiro atoms. The number of nitrogens with two attached hydrogens (primary N) is 1. The third kappa shape index (κ3) is 3.76. The van der Waals surface area contributed by atoms with Gasteiger partial charge in [-0.05, 0) is 31.0 Å². The van der Waals surface area contributed by atoms with E-state index in [4.69, 9.17) is 5.73 Å². The fourth-order valence-electron chi connectivity index (χ4n) is 1.72. The maximum Gasteiger partial charge on any atom is 0.241 e. The van der Waals surface area contributed by atoms with Gasteiger partial charge < -0.3 is 5.73 Å². The highest BCUT2D eigenvalue weighted by Crippen LogP contribution is 2.17. The number of sulfonamides is 1. The van der Waals surface area contributed by atoms with E-state index in [-0.39, 0.29) is 17.5 Å². The fraction of sp³-hybridized carbons (Fsp3) is 0.500. The highest BCUT2D eigenvalue weighted by Gasteiger charge is 2.21. The molecule has 0 aliphatic heterocycles. The van der Waals surface area contributed by atoms with E-state index in [2.05, 4.69) is 4.72 Å². The van der Waals surface area contributed by atoms with E-state index < -0.39 is 15.8 Å². The summed E-state index contributed by atoms with van der Waals surface area (Å²) >= 11 is 0. The van der Waals surface area contributed by atoms with Gasteiger partial charge in [-0.15, -0.1) is 0 Å². The van der Waals surface area contributed by atoms with Crippen molar-refractivity contribution in [1.82, 2.24) is 4.72 Å². The number of benzene rings is 1. The van der Waals surface area contributed by atoms with Gasteiger partial charge in [0.15, 0.2) is 0 Å². The zero-order valence-corrected chi connectivity index (χ0v) is 11.4. The summed E-state index contributed by atoms with van der Waals surface area (Å²) in [6, 6.07) is 3.39. The second-order valence-electron chi connectivity index (χ2n) is 4.25. The molecule has 0 aliphatic carbocycles. The lowest BCUT2D eigenvalue weighted by molar-refractivity contribution is 0.525. The fourth-order valence-corrected chi connectivity index (χ4v) is 3.26. The lowest BCUT2D eigenvalue weighted by Crippen LogP contribution is -2.40. The third-order valence-electron chi connectivity index (χ3n) is 2.68. The molecule has 1 atom stereocenters. The second-order valence-corrected chi connectivity index (χ2v) is 5.93. The Morgan fingerprint density at radius 2 is 2.11 bits per heavy atom. The lowest BCUT2D eigenvalue weighted by Gasteiger charge is -2.17. The summed E-state index contributed by atoms with van der Waals surface area (Å²) in [6.07, 6.45) is 1.48. The Morgan fingerprint density at radius 1 is 1.44 bits per heavy atom. The van der Waals surface area contributed by atoms with Crippen LogP contribution in [0.1, 0.15) is 25.3 Å². The molecule has 0 radical (unpaired) electrons. The van der Waals surface area contributed by atoms with Crippen LogP contribution in [0.2, 0.25) is 0 Å². The molecule has 1 aromatic carbocycles. The molecule has 0 heterocycles. The van der Waals surface area contributed by atoms with E-state index >= 15 is 0 Å². The van der Waals surface area contributed by atoms with E-state index in [0.29, 0.717) is 12.0 Å². The Bertz CT molecular complexity index is 503. The van der Waals surface area contributed by atoms with Gasteiger partial charge >= 0.3 is 0 Å². The second kappa shape index (κ2) is 6.26. The molecular formula is C12H19FN2O2S. The monoisotopic (exact) mass is 274 g/mol. The van der Waals surface area contributed by atoms with Crippen LogP contribution in [0.4, 0.5) is 4.39 Å². The zero-order valence-electron chi connectivity index (χ0n) is 10.6. The zero-order chi connectivity index (χ0) is 13.8. The average Bonchev–Trinajstić information content (AvgIpc) is 2.31. The number of halogens is 1. The summed E-state index contributed by atoms with van der Waals surface area (Å²) in [5, 5.41) is 0. The molecule has 0 aromatic heterocycles. The van der Waals surface area contributed by atoms with Crippen LogP contribution in [0.3, 0.4) is 0 Å². The van der Waals surface area contributed by atoms with E-state index in [1.807, 2.05) is 6.92 Å². The first-order valence-electron chi connectivity index (χ1n) is 5.89. The van der Waals surface area contributed by atoms with Crippen LogP contribution in [0, 0.1) is 12.7 Å². The third-order valence-corrected chi connectivity index (χ3v) is 4.35. The van der Waals surface area contributed by atoms with Crippen LogP contribution in [0.25, 0.3) is 0 Å². The minimum absolute atomic E-state index is 0.0305. The normalized spacial score (nSPS) is 13.6. The predicted octanol–water partition coefficient (Wildman–Crippen LogP) is 1.54. The molecule has 18 heavy (non-hydrogen) atoms. The van der Waals surface area contributed by atoms with Gasteiger partial charge in [0.05, 0.1) is 4.90 Å². The largest absolute Gasteiger partial charge is 0.329 e. The molecule has 0 saturated heterocycles. The van der Waals surface area contributed by atoms with Gasteiger partial charge in [0, 0.05) is 12.6 Å². The van der Waals surface area contributed by atoms with E-state index in [9.17, 15) is 12.8 Å². The van der Waals surface area contributed by atoms with Crippen molar-refractivity contribution in [3.05, 3.63) is 29.6 Å². The van der Waals surface area contributed by atoms with Crippen molar-refractivity contribution < 1.29 is 12.8 Å². The number of hydrogen-bond donors (Lipinski definition) is 2. The van der Waals surface area contributed by atoms with Gasteiger partial charge in [-0.3, -0.25) is 0 Å². The van der Waals surface area contributed by atoms with Crippen molar-refractivity contribution in [2.75, 3.05) is 6.54 Å². The smallest absolute Gasteiger partial charge is 0.241 e. The maximum absolute atomic E-state index is 13.1. The quantitative estimate of drug-likeness (QED) is 0.826. The van der Waals surface area contributed by atoms with Crippen molar-refractivity contribution in [3.63, 3.8) is 0 Å². The average molecular weight is 274 g/mol. The Kier molecular flexibility index (Phi) is 5.25. The molecule has 0 bridgehead atoms. The molecule has 1 aromatic rings. The van der Waals surface area contributed by atoms with Crippen molar-refractivity contribution in [1.29, 1.82) is 0 Å².